The molecular formula is C16H14O2. The third kappa shape index (κ3) is 1.81. The summed E-state index contributed by atoms with van der Waals surface area (Å²) in [7, 11) is 0. The second-order valence-corrected chi connectivity index (χ2v) is 4.44. The topological polar surface area (TPSA) is 33.4 Å². The largest absolute Gasteiger partial charge is 0.464 e. The van der Waals surface area contributed by atoms with E-state index in [1.54, 1.807) is 13.2 Å². The van der Waals surface area contributed by atoms with E-state index in [4.69, 9.17) is 4.42 Å². The van der Waals surface area contributed by atoms with Gasteiger partial charge in [0.1, 0.15) is 5.58 Å². The zero-order valence-electron chi connectivity index (χ0n) is 10.1. The van der Waals surface area contributed by atoms with E-state index >= 15 is 0 Å². The molecule has 0 spiro atoms. The lowest BCUT2D eigenvalue weighted by atomic mass is 9.96. The Kier molecular flexibility index (Phi) is 2.65. The van der Waals surface area contributed by atoms with Gasteiger partial charge in [-0.2, -0.15) is 0 Å². The Morgan fingerprint density at radius 2 is 1.89 bits per heavy atom. The second kappa shape index (κ2) is 4.31. The molecule has 0 fully saturated rings. The molecule has 18 heavy (non-hydrogen) atoms. The Balaban J connectivity index is 2.19. The Hall–Kier alpha value is -2.06. The van der Waals surface area contributed by atoms with E-state index in [9.17, 15) is 5.11 Å². The van der Waals surface area contributed by atoms with Crippen LogP contribution in [0.25, 0.3) is 22.1 Å². The summed E-state index contributed by atoms with van der Waals surface area (Å²) in [6.45, 7) is 1.79. The predicted molar refractivity (Wildman–Crippen MR) is 72.3 cm³/mol. The molecule has 0 aliphatic heterocycles. The van der Waals surface area contributed by atoms with Gasteiger partial charge in [-0.3, -0.25) is 0 Å². The number of furan rings is 1. The van der Waals surface area contributed by atoms with E-state index in [1.165, 1.54) is 0 Å². The van der Waals surface area contributed by atoms with E-state index in [0.29, 0.717) is 0 Å². The molecule has 0 saturated heterocycles. The molecule has 0 aliphatic carbocycles. The van der Waals surface area contributed by atoms with Crippen molar-refractivity contribution in [3.05, 3.63) is 60.4 Å². The van der Waals surface area contributed by atoms with Crippen LogP contribution in [0, 0.1) is 0 Å². The number of benzene rings is 2. The summed E-state index contributed by atoms with van der Waals surface area (Å²) in [5.41, 5.74) is 3.99. The minimum atomic E-state index is -0.471. The lowest BCUT2D eigenvalue weighted by Crippen LogP contribution is -1.94. The van der Waals surface area contributed by atoms with Gasteiger partial charge in [0.15, 0.2) is 0 Å². The lowest BCUT2D eigenvalue weighted by molar-refractivity contribution is 0.200. The molecule has 90 valence electrons. The first-order valence-corrected chi connectivity index (χ1v) is 6.00. The third-order valence-electron chi connectivity index (χ3n) is 3.17. The van der Waals surface area contributed by atoms with Crippen LogP contribution in [0.2, 0.25) is 0 Å². The summed E-state index contributed by atoms with van der Waals surface area (Å²) in [5.74, 6) is 0. The predicted octanol–water partition coefficient (Wildman–Crippen LogP) is 4.15. The van der Waals surface area contributed by atoms with Crippen molar-refractivity contribution in [1.82, 2.24) is 0 Å². The first-order chi connectivity index (χ1) is 8.75. The highest BCUT2D eigenvalue weighted by molar-refractivity contribution is 5.84. The zero-order chi connectivity index (χ0) is 12.5. The van der Waals surface area contributed by atoms with Crippen LogP contribution in [0.15, 0.2) is 59.2 Å². The average molecular weight is 238 g/mol. The fourth-order valence-corrected chi connectivity index (χ4v) is 2.26. The van der Waals surface area contributed by atoms with Crippen LogP contribution < -0.4 is 0 Å². The molecular weight excluding hydrogens is 224 g/mol. The highest BCUT2D eigenvalue weighted by Gasteiger charge is 2.09. The van der Waals surface area contributed by atoms with Gasteiger partial charge in [0.25, 0.3) is 0 Å². The Bertz CT molecular complexity index is 680. The van der Waals surface area contributed by atoms with Gasteiger partial charge in [-0.1, -0.05) is 30.3 Å². The van der Waals surface area contributed by atoms with Gasteiger partial charge in [-0.05, 0) is 41.8 Å². The fraction of sp³-hybridized carbons (Fsp3) is 0.125. The van der Waals surface area contributed by atoms with Crippen molar-refractivity contribution >= 4 is 11.0 Å². The van der Waals surface area contributed by atoms with E-state index < -0.39 is 6.10 Å². The first kappa shape index (κ1) is 11.1. The Labute approximate surface area is 105 Å². The van der Waals surface area contributed by atoms with Gasteiger partial charge in [0.2, 0.25) is 0 Å². The molecule has 0 saturated carbocycles. The van der Waals surface area contributed by atoms with Crippen LogP contribution in [-0.4, -0.2) is 5.11 Å². The number of fused-ring (bicyclic) bond motifs is 1. The van der Waals surface area contributed by atoms with Crippen molar-refractivity contribution in [2.45, 2.75) is 13.0 Å². The molecule has 0 bridgehead atoms. The van der Waals surface area contributed by atoms with Crippen LogP contribution in [0.4, 0.5) is 0 Å². The zero-order valence-corrected chi connectivity index (χ0v) is 10.1. The Morgan fingerprint density at radius 1 is 1.06 bits per heavy atom. The maximum Gasteiger partial charge on any atom is 0.133 e. The third-order valence-corrected chi connectivity index (χ3v) is 3.17. The summed E-state index contributed by atoms with van der Waals surface area (Å²) in [6.07, 6.45) is 1.22. The summed E-state index contributed by atoms with van der Waals surface area (Å²) < 4.78 is 5.34. The van der Waals surface area contributed by atoms with Crippen molar-refractivity contribution < 1.29 is 9.52 Å². The van der Waals surface area contributed by atoms with Crippen molar-refractivity contribution in [2.24, 2.45) is 0 Å². The standard InChI is InChI=1S/C16H14O2/c1-11(17)14-4-2-3-5-15(14)12-6-7-16-13(10-12)8-9-18-16/h2-11,17H,1H3. The van der Waals surface area contributed by atoms with E-state index in [0.717, 1.165) is 27.7 Å². The van der Waals surface area contributed by atoms with E-state index in [1.807, 2.05) is 42.5 Å². The number of rotatable bonds is 2. The average Bonchev–Trinajstić information content (AvgIpc) is 2.85. The molecule has 3 aromatic rings. The van der Waals surface area contributed by atoms with E-state index in [2.05, 4.69) is 6.07 Å². The normalized spacial score (nSPS) is 12.8. The van der Waals surface area contributed by atoms with Crippen molar-refractivity contribution in [1.29, 1.82) is 0 Å². The minimum Gasteiger partial charge on any atom is -0.464 e. The molecule has 0 radical (unpaired) electrons. The van der Waals surface area contributed by atoms with Gasteiger partial charge in [0.05, 0.1) is 12.4 Å². The second-order valence-electron chi connectivity index (χ2n) is 4.44. The summed E-state index contributed by atoms with van der Waals surface area (Å²) >= 11 is 0. The highest BCUT2D eigenvalue weighted by atomic mass is 16.3. The Morgan fingerprint density at radius 3 is 2.72 bits per heavy atom. The molecule has 1 aromatic heterocycles. The quantitative estimate of drug-likeness (QED) is 0.727. The lowest BCUT2D eigenvalue weighted by Gasteiger charge is -2.11. The molecule has 1 atom stereocenters. The fourth-order valence-electron chi connectivity index (χ4n) is 2.26. The molecule has 0 aliphatic rings. The number of aliphatic hydroxyl groups excluding tert-OH is 1. The van der Waals surface area contributed by atoms with Gasteiger partial charge in [0, 0.05) is 5.39 Å². The van der Waals surface area contributed by atoms with Crippen LogP contribution >= 0.6 is 0 Å². The monoisotopic (exact) mass is 238 g/mol. The summed E-state index contributed by atoms with van der Waals surface area (Å²) in [6, 6.07) is 15.9. The smallest absolute Gasteiger partial charge is 0.133 e. The van der Waals surface area contributed by atoms with Gasteiger partial charge < -0.3 is 9.52 Å². The van der Waals surface area contributed by atoms with Gasteiger partial charge in [-0.15, -0.1) is 0 Å². The van der Waals surface area contributed by atoms with Crippen molar-refractivity contribution in [3.8, 4) is 11.1 Å². The molecule has 1 heterocycles. The molecule has 1 N–H and O–H groups in total. The van der Waals surface area contributed by atoms with E-state index in [-0.39, 0.29) is 0 Å². The van der Waals surface area contributed by atoms with Crippen LogP contribution in [0.3, 0.4) is 0 Å². The van der Waals surface area contributed by atoms with Crippen molar-refractivity contribution in [2.75, 3.05) is 0 Å². The SMILES string of the molecule is CC(O)c1ccccc1-c1ccc2occc2c1. The molecule has 2 aromatic carbocycles. The molecule has 2 heteroatoms. The van der Waals surface area contributed by atoms with Gasteiger partial charge >= 0.3 is 0 Å². The number of aliphatic hydroxyl groups is 1. The van der Waals surface area contributed by atoms with Crippen molar-refractivity contribution in [3.63, 3.8) is 0 Å². The van der Waals surface area contributed by atoms with Crippen LogP contribution in [-0.2, 0) is 0 Å². The summed E-state index contributed by atoms with van der Waals surface area (Å²) in [4.78, 5) is 0. The minimum absolute atomic E-state index is 0.471. The molecule has 2 nitrogen and oxygen atoms in total. The highest BCUT2D eigenvalue weighted by Crippen LogP contribution is 2.30. The van der Waals surface area contributed by atoms with Crippen LogP contribution in [0.5, 0.6) is 0 Å². The molecule has 3 rings (SSSR count). The van der Waals surface area contributed by atoms with Crippen LogP contribution in [0.1, 0.15) is 18.6 Å². The maximum atomic E-state index is 9.82. The molecule has 1 unspecified atom stereocenters. The summed E-state index contributed by atoms with van der Waals surface area (Å²) in [5, 5.41) is 10.9. The van der Waals surface area contributed by atoms with Gasteiger partial charge in [-0.25, -0.2) is 0 Å². The number of hydrogen-bond acceptors (Lipinski definition) is 2. The maximum absolute atomic E-state index is 9.82. The molecule has 0 amide bonds. The first-order valence-electron chi connectivity index (χ1n) is 6.00. The number of hydrogen-bond donors (Lipinski definition) is 1.